The van der Waals surface area contributed by atoms with Gasteiger partial charge in [0.15, 0.2) is 0 Å². The number of fused-ring (bicyclic) bond motifs is 1. The van der Waals surface area contributed by atoms with Crippen LogP contribution in [0, 0.1) is 16.7 Å². The fourth-order valence-electron chi connectivity index (χ4n) is 4.24. The van der Waals surface area contributed by atoms with Crippen molar-refractivity contribution in [2.24, 2.45) is 5.41 Å². The summed E-state index contributed by atoms with van der Waals surface area (Å²) in [6.45, 7) is 4.48. The van der Waals surface area contributed by atoms with Gasteiger partial charge in [0.1, 0.15) is 0 Å². The van der Waals surface area contributed by atoms with Crippen molar-refractivity contribution in [2.75, 3.05) is 5.75 Å². The second-order valence-corrected chi connectivity index (χ2v) is 9.82. The molecule has 0 fully saturated rings. The van der Waals surface area contributed by atoms with Crippen molar-refractivity contribution in [1.29, 1.82) is 5.26 Å². The van der Waals surface area contributed by atoms with Gasteiger partial charge in [-0.3, -0.25) is 4.21 Å². The third-order valence-electron chi connectivity index (χ3n) is 5.98. The number of nitriles is 1. The molecule has 0 aromatic heterocycles. The van der Waals surface area contributed by atoms with Gasteiger partial charge in [-0.2, -0.15) is 5.26 Å². The van der Waals surface area contributed by atoms with Gasteiger partial charge in [-0.15, -0.1) is 9.24 Å². The summed E-state index contributed by atoms with van der Waals surface area (Å²) < 4.78 is 13.3. The summed E-state index contributed by atoms with van der Waals surface area (Å²) in [4.78, 5) is 0.988. The summed E-state index contributed by atoms with van der Waals surface area (Å²) in [5, 5.41) is 10.3. The molecular formula is C23H28NOPS. The third-order valence-corrected chi connectivity index (χ3v) is 8.08. The lowest BCUT2D eigenvalue weighted by molar-refractivity contribution is 0.249. The zero-order chi connectivity index (χ0) is 19.4. The van der Waals surface area contributed by atoms with Crippen molar-refractivity contribution in [2.45, 2.75) is 56.8 Å². The third kappa shape index (κ3) is 4.34. The van der Waals surface area contributed by atoms with Crippen molar-refractivity contribution < 1.29 is 4.21 Å². The van der Waals surface area contributed by atoms with Crippen LogP contribution in [0.1, 0.15) is 68.6 Å². The van der Waals surface area contributed by atoms with Gasteiger partial charge in [0.2, 0.25) is 0 Å². The highest BCUT2D eigenvalue weighted by Gasteiger charge is 2.38. The van der Waals surface area contributed by atoms with Crippen LogP contribution in [-0.4, -0.2) is 9.96 Å². The van der Waals surface area contributed by atoms with E-state index in [1.54, 1.807) is 0 Å². The van der Waals surface area contributed by atoms with E-state index in [4.69, 9.17) is 5.26 Å². The first-order valence-corrected chi connectivity index (χ1v) is 11.7. The molecule has 0 N–H and O–H groups in total. The molecular weight excluding hydrogens is 369 g/mol. The second kappa shape index (κ2) is 8.68. The lowest BCUT2D eigenvalue weighted by Gasteiger charge is -2.34. The van der Waals surface area contributed by atoms with Crippen LogP contribution < -0.4 is 5.30 Å². The minimum Gasteiger partial charge on any atom is -0.254 e. The minimum atomic E-state index is -0.976. The van der Waals surface area contributed by atoms with Crippen molar-refractivity contribution in [1.82, 2.24) is 0 Å². The fraction of sp³-hybridized carbons (Fsp3) is 0.435. The van der Waals surface area contributed by atoms with Crippen LogP contribution in [0.4, 0.5) is 0 Å². The molecule has 3 rings (SSSR count). The number of nitrogens with zero attached hydrogens (tertiary/aromatic N) is 1. The molecule has 1 aliphatic rings. The molecule has 2 aromatic rings. The minimum absolute atomic E-state index is 0.0967. The van der Waals surface area contributed by atoms with E-state index in [-0.39, 0.29) is 11.3 Å². The molecule has 0 saturated carbocycles. The lowest BCUT2D eigenvalue weighted by atomic mass is 9.71. The average molecular weight is 398 g/mol. The van der Waals surface area contributed by atoms with E-state index in [1.807, 2.05) is 18.2 Å². The van der Waals surface area contributed by atoms with Crippen molar-refractivity contribution in [3.8, 4) is 6.07 Å². The molecule has 27 heavy (non-hydrogen) atoms. The Morgan fingerprint density at radius 2 is 1.96 bits per heavy atom. The van der Waals surface area contributed by atoms with Crippen LogP contribution in [0.15, 0.2) is 47.4 Å². The number of benzene rings is 2. The highest BCUT2D eigenvalue weighted by atomic mass is 32.2. The first kappa shape index (κ1) is 20.2. The van der Waals surface area contributed by atoms with E-state index in [0.29, 0.717) is 5.56 Å². The smallest absolute Gasteiger partial charge is 0.0991 e. The molecule has 0 amide bonds. The quantitative estimate of drug-likeness (QED) is 0.643. The zero-order valence-corrected chi connectivity index (χ0v) is 18.2. The predicted octanol–water partition coefficient (Wildman–Crippen LogP) is 5.29. The Labute approximate surface area is 168 Å². The molecule has 0 saturated heterocycles. The second-order valence-electron chi connectivity index (χ2n) is 7.73. The van der Waals surface area contributed by atoms with Crippen LogP contribution in [-0.2, 0) is 10.8 Å². The number of rotatable bonds is 5. The Bertz CT molecular complexity index is 871. The van der Waals surface area contributed by atoms with Gasteiger partial charge in [-0.05, 0) is 59.3 Å². The van der Waals surface area contributed by atoms with Gasteiger partial charge in [-0.25, -0.2) is 0 Å². The average Bonchev–Trinajstić information content (AvgIpc) is 2.81. The molecule has 0 radical (unpaired) electrons. The lowest BCUT2D eigenvalue weighted by Crippen LogP contribution is -2.27. The highest BCUT2D eigenvalue weighted by Crippen LogP contribution is 2.47. The monoisotopic (exact) mass is 397 g/mol. The Hall–Kier alpha value is -1.49. The molecule has 1 aliphatic heterocycles. The molecule has 2 aromatic carbocycles. The molecule has 1 heterocycles. The summed E-state index contributed by atoms with van der Waals surface area (Å²) in [6, 6.07) is 16.5. The van der Waals surface area contributed by atoms with Gasteiger partial charge in [0, 0.05) is 16.6 Å². The first-order chi connectivity index (χ1) is 13.0. The van der Waals surface area contributed by atoms with Crippen LogP contribution in [0.5, 0.6) is 0 Å². The van der Waals surface area contributed by atoms with Crippen LogP contribution in [0.2, 0.25) is 0 Å². The summed E-state index contributed by atoms with van der Waals surface area (Å²) in [7, 11) is 1.80. The van der Waals surface area contributed by atoms with E-state index in [2.05, 4.69) is 53.4 Å². The SMILES string of the molecule is CCCCC1(CC)C[C@H](c2ccc(C#N)cc2)c2cc(P)ccc2S(=O)C1. The molecule has 142 valence electrons. The van der Waals surface area contributed by atoms with E-state index in [9.17, 15) is 4.21 Å². The summed E-state index contributed by atoms with van der Waals surface area (Å²) >= 11 is 0. The number of hydrogen-bond acceptors (Lipinski definition) is 2. The van der Waals surface area contributed by atoms with Crippen molar-refractivity contribution in [3.05, 3.63) is 59.2 Å². The predicted molar refractivity (Wildman–Crippen MR) is 117 cm³/mol. The standard InChI is InChI=1S/C23H28NOPS/c1-3-5-12-23(4-2)14-21(18-8-6-17(15-24)7-9-18)20-13-19(26)10-11-22(20)27(25)16-23/h6-11,13,21H,3-5,12,14,16,26H2,1-2H3/t21-,23?,27?/m1/s1. The molecule has 4 heteroatoms. The summed E-state index contributed by atoms with van der Waals surface area (Å²) in [5.74, 6) is 0.968. The Morgan fingerprint density at radius 1 is 1.22 bits per heavy atom. The number of hydrogen-bond donors (Lipinski definition) is 0. The van der Waals surface area contributed by atoms with Gasteiger partial charge in [0.05, 0.1) is 22.4 Å². The molecule has 0 bridgehead atoms. The van der Waals surface area contributed by atoms with Gasteiger partial charge < -0.3 is 0 Å². The zero-order valence-electron chi connectivity index (χ0n) is 16.2. The van der Waals surface area contributed by atoms with Gasteiger partial charge in [-0.1, -0.05) is 51.0 Å². The molecule has 3 unspecified atom stereocenters. The Kier molecular flexibility index (Phi) is 6.51. The molecule has 4 atom stereocenters. The molecule has 0 aliphatic carbocycles. The Morgan fingerprint density at radius 3 is 2.59 bits per heavy atom. The highest BCUT2D eigenvalue weighted by molar-refractivity contribution is 7.85. The normalized spacial score (nSPS) is 24.7. The van der Waals surface area contributed by atoms with E-state index in [0.717, 1.165) is 35.2 Å². The van der Waals surface area contributed by atoms with E-state index in [1.165, 1.54) is 24.0 Å². The van der Waals surface area contributed by atoms with Gasteiger partial charge in [0.25, 0.3) is 0 Å². The van der Waals surface area contributed by atoms with E-state index < -0.39 is 10.8 Å². The summed E-state index contributed by atoms with van der Waals surface area (Å²) in [5.41, 5.74) is 3.19. The topological polar surface area (TPSA) is 40.9 Å². The van der Waals surface area contributed by atoms with E-state index >= 15 is 0 Å². The fourth-order valence-corrected chi connectivity index (χ4v) is 6.38. The maximum Gasteiger partial charge on any atom is 0.0991 e. The van der Waals surface area contributed by atoms with Crippen LogP contribution in [0.3, 0.4) is 0 Å². The van der Waals surface area contributed by atoms with Crippen LogP contribution in [0.25, 0.3) is 0 Å². The van der Waals surface area contributed by atoms with Crippen molar-refractivity contribution >= 4 is 25.3 Å². The molecule has 0 spiro atoms. The Balaban J connectivity index is 2.13. The molecule has 2 nitrogen and oxygen atoms in total. The first-order valence-electron chi connectivity index (χ1n) is 9.80. The number of unbranched alkanes of at least 4 members (excludes halogenated alkanes) is 1. The summed E-state index contributed by atoms with van der Waals surface area (Å²) in [6.07, 6.45) is 5.53. The van der Waals surface area contributed by atoms with Crippen molar-refractivity contribution in [3.63, 3.8) is 0 Å². The maximum absolute atomic E-state index is 13.3. The van der Waals surface area contributed by atoms with Gasteiger partial charge >= 0.3 is 0 Å². The largest absolute Gasteiger partial charge is 0.254 e. The van der Waals surface area contributed by atoms with Crippen LogP contribution >= 0.6 is 9.24 Å². The maximum atomic E-state index is 13.3.